The second kappa shape index (κ2) is 15.9. The quantitative estimate of drug-likeness (QED) is 0.497. The summed E-state index contributed by atoms with van der Waals surface area (Å²) >= 11 is 0. The van der Waals surface area contributed by atoms with Crippen molar-refractivity contribution >= 4 is 55.6 Å². The summed E-state index contributed by atoms with van der Waals surface area (Å²) in [4.78, 5) is 28.2. The van der Waals surface area contributed by atoms with Gasteiger partial charge in [-0.2, -0.15) is 0 Å². The van der Waals surface area contributed by atoms with E-state index in [4.69, 9.17) is 5.11 Å². The average Bonchev–Trinajstić information content (AvgIpc) is 2.19. The van der Waals surface area contributed by atoms with E-state index in [1.54, 1.807) is 0 Å². The Morgan fingerprint density at radius 1 is 1.00 bits per heavy atom. The monoisotopic (exact) mass is 282 g/mol. The third-order valence-electron chi connectivity index (χ3n) is 0.872. The number of carbonyl (C=O) groups is 3. The van der Waals surface area contributed by atoms with Crippen molar-refractivity contribution in [3.63, 3.8) is 0 Å². The predicted molar refractivity (Wildman–Crippen MR) is 63.2 cm³/mol. The van der Waals surface area contributed by atoms with E-state index in [2.05, 4.69) is 19.7 Å². The molecule has 0 saturated carbocycles. The van der Waals surface area contributed by atoms with Gasteiger partial charge in [-0.1, -0.05) is 19.7 Å². The summed E-state index contributed by atoms with van der Waals surface area (Å²) in [7, 11) is 0. The van der Waals surface area contributed by atoms with Crippen LogP contribution in [0.5, 0.6) is 0 Å². The molecule has 0 saturated heterocycles. The molecule has 18 heavy (non-hydrogen) atoms. The van der Waals surface area contributed by atoms with Crippen LogP contribution in [-0.4, -0.2) is 60.8 Å². The van der Waals surface area contributed by atoms with Crippen LogP contribution in [0.15, 0.2) is 37.0 Å². The SMILES string of the molecule is C=C(C)C(=O)[O-].C=C(C)C(=O)[O-].C=CC(=O)O.[Ca+2]. The summed E-state index contributed by atoms with van der Waals surface area (Å²) in [6, 6.07) is 0. The van der Waals surface area contributed by atoms with E-state index in [1.807, 2.05) is 0 Å². The molecular formula is C11H14CaO6. The second-order valence-electron chi connectivity index (χ2n) is 2.68. The maximum atomic E-state index is 9.49. The van der Waals surface area contributed by atoms with E-state index < -0.39 is 17.9 Å². The van der Waals surface area contributed by atoms with Gasteiger partial charge in [-0.25, -0.2) is 4.79 Å². The van der Waals surface area contributed by atoms with Gasteiger partial charge in [-0.05, 0) is 25.0 Å². The fourth-order valence-corrected chi connectivity index (χ4v) is 0. The van der Waals surface area contributed by atoms with Crippen molar-refractivity contribution in [1.29, 1.82) is 0 Å². The number of carboxylic acid groups (broad SMARTS) is 3. The third kappa shape index (κ3) is 36.3. The molecule has 0 spiro atoms. The number of rotatable bonds is 3. The maximum Gasteiger partial charge on any atom is 2.00 e. The molecule has 7 heteroatoms. The molecule has 1 N–H and O–H groups in total. The normalized spacial score (nSPS) is 6.78. The molecule has 0 aromatic carbocycles. The van der Waals surface area contributed by atoms with Crippen molar-refractivity contribution in [3.8, 4) is 0 Å². The first-order chi connectivity index (χ1) is 7.56. The average molecular weight is 282 g/mol. The van der Waals surface area contributed by atoms with Gasteiger partial charge in [0, 0.05) is 6.08 Å². The van der Waals surface area contributed by atoms with Gasteiger partial charge in [0.15, 0.2) is 0 Å². The van der Waals surface area contributed by atoms with Crippen molar-refractivity contribution in [2.24, 2.45) is 0 Å². The number of aliphatic carboxylic acids is 3. The third-order valence-corrected chi connectivity index (χ3v) is 0.872. The van der Waals surface area contributed by atoms with Gasteiger partial charge in [-0.3, -0.25) is 0 Å². The standard InChI is InChI=1S/2C4H6O2.C3H4O2.Ca/c2*1-3(2)4(5)6;1-2-3(4)5;/h2*1H2,2H3,(H,5,6);2H,1H2,(H,4,5);/q;;;+2/p-2. The van der Waals surface area contributed by atoms with Gasteiger partial charge >= 0.3 is 43.7 Å². The Labute approximate surface area is 135 Å². The summed E-state index contributed by atoms with van der Waals surface area (Å²) in [6.07, 6.45) is 0.833. The van der Waals surface area contributed by atoms with Crippen molar-refractivity contribution in [2.45, 2.75) is 13.8 Å². The van der Waals surface area contributed by atoms with Crippen LogP contribution in [0.25, 0.3) is 0 Å². The Bertz CT molecular complexity index is 284. The fourth-order valence-electron chi connectivity index (χ4n) is 0. The van der Waals surface area contributed by atoms with Crippen LogP contribution in [0.2, 0.25) is 0 Å². The summed E-state index contributed by atoms with van der Waals surface area (Å²) < 4.78 is 0. The molecule has 0 atom stereocenters. The minimum atomic E-state index is -1.19. The molecule has 0 heterocycles. The minimum Gasteiger partial charge on any atom is -0.545 e. The number of hydrogen-bond acceptors (Lipinski definition) is 5. The van der Waals surface area contributed by atoms with Crippen molar-refractivity contribution in [3.05, 3.63) is 37.0 Å². The summed E-state index contributed by atoms with van der Waals surface area (Å²) in [5.41, 5.74) is 0.130. The van der Waals surface area contributed by atoms with Gasteiger partial charge in [0.1, 0.15) is 0 Å². The van der Waals surface area contributed by atoms with Gasteiger partial charge < -0.3 is 24.9 Å². The molecule has 0 aliphatic carbocycles. The van der Waals surface area contributed by atoms with E-state index in [1.165, 1.54) is 13.8 Å². The van der Waals surface area contributed by atoms with E-state index >= 15 is 0 Å². The Kier molecular flexibility index (Phi) is 22.7. The smallest absolute Gasteiger partial charge is 0.545 e. The number of carboxylic acids is 3. The Hall–Kier alpha value is -1.11. The minimum absolute atomic E-state index is 0. The molecule has 0 aromatic rings. The summed E-state index contributed by atoms with van der Waals surface area (Å²) in [5.74, 6) is -3.35. The molecule has 96 valence electrons. The van der Waals surface area contributed by atoms with Crippen LogP contribution in [0.1, 0.15) is 13.8 Å². The molecule has 0 amide bonds. The van der Waals surface area contributed by atoms with Crippen LogP contribution in [0.3, 0.4) is 0 Å². The maximum absolute atomic E-state index is 9.49. The van der Waals surface area contributed by atoms with Crippen LogP contribution in [0.4, 0.5) is 0 Å². The van der Waals surface area contributed by atoms with Gasteiger partial charge in [0.05, 0.1) is 11.9 Å². The molecule has 0 aliphatic heterocycles. The van der Waals surface area contributed by atoms with E-state index in [0.717, 1.165) is 6.08 Å². The first kappa shape index (κ1) is 25.7. The van der Waals surface area contributed by atoms with Crippen LogP contribution >= 0.6 is 0 Å². The molecule has 0 bridgehead atoms. The zero-order chi connectivity index (χ0) is 14.6. The van der Waals surface area contributed by atoms with Crippen LogP contribution in [0, 0.1) is 0 Å². The molecule has 0 rings (SSSR count). The molecule has 0 aliphatic rings. The van der Waals surface area contributed by atoms with Gasteiger partial charge in [0.2, 0.25) is 0 Å². The van der Waals surface area contributed by atoms with Gasteiger partial charge in [-0.15, -0.1) is 0 Å². The first-order valence-corrected chi connectivity index (χ1v) is 4.15. The molecular weight excluding hydrogens is 268 g/mol. The number of hydrogen-bond donors (Lipinski definition) is 1. The van der Waals surface area contributed by atoms with E-state index in [-0.39, 0.29) is 48.9 Å². The van der Waals surface area contributed by atoms with Crippen molar-refractivity contribution < 1.29 is 29.7 Å². The van der Waals surface area contributed by atoms with E-state index in [9.17, 15) is 24.6 Å². The van der Waals surface area contributed by atoms with Crippen molar-refractivity contribution in [1.82, 2.24) is 0 Å². The summed E-state index contributed by atoms with van der Waals surface area (Å²) in [5, 5.41) is 26.6. The van der Waals surface area contributed by atoms with E-state index in [0.29, 0.717) is 0 Å². The first-order valence-electron chi connectivity index (χ1n) is 4.15. The predicted octanol–water partition coefficient (Wildman–Crippen LogP) is -1.50. The largest absolute Gasteiger partial charge is 2.00 e. The van der Waals surface area contributed by atoms with Gasteiger partial charge in [0.25, 0.3) is 0 Å². The molecule has 0 fully saturated rings. The molecule has 6 nitrogen and oxygen atoms in total. The number of carbonyl (C=O) groups excluding carboxylic acids is 2. The molecule has 0 aromatic heterocycles. The van der Waals surface area contributed by atoms with Crippen LogP contribution in [-0.2, 0) is 14.4 Å². The fraction of sp³-hybridized carbons (Fsp3) is 0.182. The summed E-state index contributed by atoms with van der Waals surface area (Å²) in [6.45, 7) is 11.9. The Morgan fingerprint density at radius 2 is 1.11 bits per heavy atom. The molecule has 0 radical (unpaired) electrons. The zero-order valence-corrected chi connectivity index (χ0v) is 12.6. The van der Waals surface area contributed by atoms with Crippen LogP contribution < -0.4 is 10.2 Å². The zero-order valence-electron chi connectivity index (χ0n) is 10.4. The topological polar surface area (TPSA) is 118 Å². The Balaban J connectivity index is -0.0000000799. The second-order valence-corrected chi connectivity index (χ2v) is 2.68. The molecule has 0 unspecified atom stereocenters. The van der Waals surface area contributed by atoms with Crippen molar-refractivity contribution in [2.75, 3.05) is 0 Å². The Morgan fingerprint density at radius 3 is 1.11 bits per heavy atom.